The highest BCUT2D eigenvalue weighted by Crippen LogP contribution is 2.05. The van der Waals surface area contributed by atoms with Gasteiger partial charge in [-0.3, -0.25) is 0 Å². The van der Waals surface area contributed by atoms with Crippen LogP contribution in [0.4, 0.5) is 0 Å². The van der Waals surface area contributed by atoms with Gasteiger partial charge in [-0.05, 0) is 11.1 Å². The van der Waals surface area contributed by atoms with Crippen LogP contribution in [0.1, 0.15) is 24.5 Å². The minimum absolute atomic E-state index is 0.639. The van der Waals surface area contributed by atoms with E-state index in [4.69, 9.17) is 4.74 Å². The maximum Gasteiger partial charge on any atom is 0.119 e. The Labute approximate surface area is 115 Å². The summed E-state index contributed by atoms with van der Waals surface area (Å²) < 4.78 is 5.61. The Kier molecular flexibility index (Phi) is 7.99. The van der Waals surface area contributed by atoms with Crippen molar-refractivity contribution in [3.63, 3.8) is 0 Å². The Hall–Kier alpha value is -1.93. The maximum atomic E-state index is 9.17. The molecule has 0 N–H and O–H groups in total. The van der Waals surface area contributed by atoms with Gasteiger partial charge in [-0.2, -0.15) is 0 Å². The first-order valence-corrected chi connectivity index (χ1v) is 6.46. The first-order valence-electron chi connectivity index (χ1n) is 6.46. The molecule has 2 rings (SSSR count). The smallest absolute Gasteiger partial charge is 0.119 e. The van der Waals surface area contributed by atoms with E-state index in [9.17, 15) is 4.79 Å². The fourth-order valence-corrected chi connectivity index (χ4v) is 1.44. The molecule has 0 saturated heterocycles. The molecule has 0 aliphatic carbocycles. The highest BCUT2D eigenvalue weighted by Gasteiger charge is 1.93. The third-order valence-electron chi connectivity index (χ3n) is 2.39. The van der Waals surface area contributed by atoms with Gasteiger partial charge in [-0.1, -0.05) is 67.6 Å². The molecule has 0 fully saturated rings. The van der Waals surface area contributed by atoms with Crippen LogP contribution < -0.4 is 0 Å². The molecule has 0 amide bonds. The van der Waals surface area contributed by atoms with Crippen molar-refractivity contribution in [3.8, 4) is 0 Å². The summed E-state index contributed by atoms with van der Waals surface area (Å²) in [5, 5.41) is 0. The molecule has 0 saturated carbocycles. The Morgan fingerprint density at radius 1 is 0.842 bits per heavy atom. The van der Waals surface area contributed by atoms with E-state index in [0.29, 0.717) is 19.6 Å². The van der Waals surface area contributed by atoms with E-state index < -0.39 is 0 Å². The van der Waals surface area contributed by atoms with Crippen LogP contribution in [-0.2, 0) is 22.7 Å². The molecule has 2 nitrogen and oxygen atoms in total. The third kappa shape index (κ3) is 7.17. The Bertz CT molecular complexity index is 398. The second-order valence-electron chi connectivity index (χ2n) is 4.04. The van der Waals surface area contributed by atoms with Gasteiger partial charge in [0.25, 0.3) is 0 Å². The highest BCUT2D eigenvalue weighted by molar-refractivity contribution is 5.48. The lowest BCUT2D eigenvalue weighted by Gasteiger charge is -2.03. The molecule has 0 bridgehead atoms. The van der Waals surface area contributed by atoms with E-state index in [0.717, 1.165) is 6.29 Å². The highest BCUT2D eigenvalue weighted by atomic mass is 16.5. The maximum absolute atomic E-state index is 9.17. The van der Waals surface area contributed by atoms with Crippen molar-refractivity contribution >= 4 is 6.29 Å². The van der Waals surface area contributed by atoms with Gasteiger partial charge < -0.3 is 9.53 Å². The van der Waals surface area contributed by atoms with E-state index in [1.54, 1.807) is 0 Å². The lowest BCUT2D eigenvalue weighted by atomic mass is 10.2. The van der Waals surface area contributed by atoms with E-state index in [2.05, 4.69) is 24.3 Å². The molecule has 100 valence electrons. The quantitative estimate of drug-likeness (QED) is 0.756. The van der Waals surface area contributed by atoms with Crippen LogP contribution in [-0.4, -0.2) is 6.29 Å². The summed E-state index contributed by atoms with van der Waals surface area (Å²) in [5.74, 6) is 0. The first kappa shape index (κ1) is 15.1. The Morgan fingerprint density at radius 2 is 1.21 bits per heavy atom. The molecule has 0 spiro atoms. The normalized spacial score (nSPS) is 9.32. The molecule has 0 aliphatic heterocycles. The summed E-state index contributed by atoms with van der Waals surface area (Å²) in [6.07, 6.45) is 1.51. The van der Waals surface area contributed by atoms with Gasteiger partial charge in [0.2, 0.25) is 0 Å². The summed E-state index contributed by atoms with van der Waals surface area (Å²) in [6.45, 7) is 3.17. The van der Waals surface area contributed by atoms with Crippen LogP contribution >= 0.6 is 0 Å². The molecule has 19 heavy (non-hydrogen) atoms. The predicted molar refractivity (Wildman–Crippen MR) is 77.7 cm³/mol. The van der Waals surface area contributed by atoms with Gasteiger partial charge in [-0.25, -0.2) is 0 Å². The number of aldehydes is 1. The fourth-order valence-electron chi connectivity index (χ4n) is 1.44. The minimum atomic E-state index is 0.639. The van der Waals surface area contributed by atoms with Crippen LogP contribution in [0.15, 0.2) is 60.7 Å². The van der Waals surface area contributed by atoms with Crippen LogP contribution in [0.25, 0.3) is 0 Å². The molecule has 0 radical (unpaired) electrons. The molecular formula is C17H20O2. The number of hydrogen-bond donors (Lipinski definition) is 0. The number of carbonyl (C=O) groups excluding carboxylic acids is 1. The van der Waals surface area contributed by atoms with Crippen molar-refractivity contribution in [2.75, 3.05) is 0 Å². The van der Waals surface area contributed by atoms with E-state index in [-0.39, 0.29) is 0 Å². The molecular weight excluding hydrogens is 236 g/mol. The van der Waals surface area contributed by atoms with Crippen molar-refractivity contribution in [3.05, 3.63) is 71.8 Å². The number of rotatable bonds is 5. The summed E-state index contributed by atoms with van der Waals surface area (Å²) in [6, 6.07) is 20.4. The summed E-state index contributed by atoms with van der Waals surface area (Å²) in [5.41, 5.74) is 2.43. The Balaban J connectivity index is 0.000000399. The molecule has 2 heteroatoms. The summed E-state index contributed by atoms with van der Waals surface area (Å²) in [7, 11) is 0. The molecule has 2 aromatic rings. The van der Waals surface area contributed by atoms with Gasteiger partial charge in [0, 0.05) is 6.42 Å². The van der Waals surface area contributed by atoms with Crippen LogP contribution in [0.5, 0.6) is 0 Å². The number of carbonyl (C=O) groups is 1. The van der Waals surface area contributed by atoms with Crippen LogP contribution in [0.3, 0.4) is 0 Å². The van der Waals surface area contributed by atoms with Gasteiger partial charge in [0.1, 0.15) is 6.29 Å². The molecule has 0 aliphatic rings. The first-order chi connectivity index (χ1) is 9.36. The van der Waals surface area contributed by atoms with Crippen molar-refractivity contribution in [2.24, 2.45) is 0 Å². The molecule has 0 atom stereocenters. The van der Waals surface area contributed by atoms with Crippen molar-refractivity contribution in [1.82, 2.24) is 0 Å². The van der Waals surface area contributed by atoms with Crippen LogP contribution in [0, 0.1) is 0 Å². The Morgan fingerprint density at radius 3 is 1.53 bits per heavy atom. The second-order valence-corrected chi connectivity index (χ2v) is 4.04. The predicted octanol–water partition coefficient (Wildman–Crippen LogP) is 4.00. The van der Waals surface area contributed by atoms with Gasteiger partial charge in [0.15, 0.2) is 0 Å². The minimum Gasteiger partial charge on any atom is -0.372 e. The second kappa shape index (κ2) is 10.0. The van der Waals surface area contributed by atoms with Crippen LogP contribution in [0.2, 0.25) is 0 Å². The summed E-state index contributed by atoms with van der Waals surface area (Å²) >= 11 is 0. The zero-order valence-electron chi connectivity index (χ0n) is 11.3. The third-order valence-corrected chi connectivity index (χ3v) is 2.39. The number of hydrogen-bond acceptors (Lipinski definition) is 2. The average molecular weight is 256 g/mol. The van der Waals surface area contributed by atoms with E-state index >= 15 is 0 Å². The SMILES string of the molecule is CCC=O.c1ccc(COCc2ccccc2)cc1. The zero-order valence-corrected chi connectivity index (χ0v) is 11.3. The molecule has 2 aromatic carbocycles. The van der Waals surface area contributed by atoms with E-state index in [1.165, 1.54) is 11.1 Å². The zero-order chi connectivity index (χ0) is 13.8. The van der Waals surface area contributed by atoms with Gasteiger partial charge in [0.05, 0.1) is 13.2 Å². The largest absolute Gasteiger partial charge is 0.372 e. The molecule has 0 aromatic heterocycles. The van der Waals surface area contributed by atoms with Gasteiger partial charge >= 0.3 is 0 Å². The fraction of sp³-hybridized carbons (Fsp3) is 0.235. The average Bonchev–Trinajstić information content (AvgIpc) is 2.50. The standard InChI is InChI=1S/C14H14O.C3H6O/c1-3-7-13(8-4-1)11-15-12-14-9-5-2-6-10-14;1-2-3-4/h1-10H,11-12H2;3H,2H2,1H3. The van der Waals surface area contributed by atoms with E-state index in [1.807, 2.05) is 43.3 Å². The molecule has 0 heterocycles. The topological polar surface area (TPSA) is 26.3 Å². The lowest BCUT2D eigenvalue weighted by Crippen LogP contribution is -1.93. The lowest BCUT2D eigenvalue weighted by molar-refractivity contribution is -0.107. The monoisotopic (exact) mass is 256 g/mol. The van der Waals surface area contributed by atoms with Crippen molar-refractivity contribution in [1.29, 1.82) is 0 Å². The van der Waals surface area contributed by atoms with Crippen molar-refractivity contribution < 1.29 is 9.53 Å². The number of ether oxygens (including phenoxy) is 1. The molecule has 0 unspecified atom stereocenters. The van der Waals surface area contributed by atoms with Gasteiger partial charge in [-0.15, -0.1) is 0 Å². The number of benzene rings is 2. The summed E-state index contributed by atoms with van der Waals surface area (Å²) in [4.78, 5) is 9.17. The van der Waals surface area contributed by atoms with Crippen molar-refractivity contribution in [2.45, 2.75) is 26.6 Å².